The molecule has 74 valence electrons. The molecule has 1 amide bonds. The minimum atomic E-state index is -1.80. The first-order chi connectivity index (χ1) is 6.67. The van der Waals surface area contributed by atoms with Gasteiger partial charge in [0.05, 0.1) is 0 Å². The van der Waals surface area contributed by atoms with Crippen LogP contribution in [0.1, 0.15) is 0 Å². The van der Waals surface area contributed by atoms with Crippen molar-refractivity contribution in [3.8, 4) is 12.1 Å². The average Bonchev–Trinajstić information content (AvgIpc) is 2.22. The molecular formula is C8H11N5O. The number of hydrogen-bond acceptors (Lipinski definition) is 5. The lowest BCUT2D eigenvalue weighted by atomic mass is 9.99. The summed E-state index contributed by atoms with van der Waals surface area (Å²) in [6, 6.07) is 3.39. The maximum absolute atomic E-state index is 11.1. The molecule has 6 nitrogen and oxygen atoms in total. The van der Waals surface area contributed by atoms with Crippen LogP contribution in [-0.2, 0) is 4.79 Å². The number of nitriles is 2. The normalized spacial score (nSPS) is 18.1. The van der Waals surface area contributed by atoms with Crippen molar-refractivity contribution < 1.29 is 4.79 Å². The highest BCUT2D eigenvalue weighted by Gasteiger charge is 2.44. The third-order valence-electron chi connectivity index (χ3n) is 2.27. The molecule has 1 heterocycles. The summed E-state index contributed by atoms with van der Waals surface area (Å²) in [5, 5.41) is 20.8. The Labute approximate surface area is 81.9 Å². The van der Waals surface area contributed by atoms with Crippen LogP contribution in [0.4, 0.5) is 0 Å². The molecular weight excluding hydrogens is 182 g/mol. The molecule has 0 atom stereocenters. The Bertz CT molecular complexity index is 293. The Morgan fingerprint density at radius 1 is 1.36 bits per heavy atom. The molecule has 0 aliphatic carbocycles. The molecule has 0 saturated carbocycles. The van der Waals surface area contributed by atoms with Gasteiger partial charge in [0.15, 0.2) is 0 Å². The van der Waals surface area contributed by atoms with Gasteiger partial charge in [0.25, 0.3) is 11.4 Å². The van der Waals surface area contributed by atoms with Crippen LogP contribution >= 0.6 is 0 Å². The van der Waals surface area contributed by atoms with E-state index in [4.69, 9.17) is 16.3 Å². The third-order valence-corrected chi connectivity index (χ3v) is 2.27. The van der Waals surface area contributed by atoms with Crippen LogP contribution in [0.2, 0.25) is 0 Å². The minimum Gasteiger partial charge on any atom is -0.366 e. The first-order valence-electron chi connectivity index (χ1n) is 4.25. The summed E-state index contributed by atoms with van der Waals surface area (Å²) in [5.74, 6) is -0.899. The van der Waals surface area contributed by atoms with Crippen LogP contribution in [0.25, 0.3) is 0 Å². The van der Waals surface area contributed by atoms with Crippen molar-refractivity contribution in [2.45, 2.75) is 5.54 Å². The summed E-state index contributed by atoms with van der Waals surface area (Å²) in [7, 11) is 0. The van der Waals surface area contributed by atoms with Gasteiger partial charge in [-0.05, 0) is 0 Å². The Morgan fingerprint density at radius 3 is 2.21 bits per heavy atom. The van der Waals surface area contributed by atoms with Gasteiger partial charge in [-0.1, -0.05) is 0 Å². The molecule has 0 radical (unpaired) electrons. The second-order valence-corrected chi connectivity index (χ2v) is 3.04. The Hall–Kier alpha value is -1.63. The average molecular weight is 193 g/mol. The fourth-order valence-corrected chi connectivity index (χ4v) is 1.43. The van der Waals surface area contributed by atoms with E-state index in [1.807, 2.05) is 0 Å². The molecule has 1 rings (SSSR count). The highest BCUT2D eigenvalue weighted by molar-refractivity contribution is 5.91. The minimum absolute atomic E-state index is 0.476. The van der Waals surface area contributed by atoms with Gasteiger partial charge in [0, 0.05) is 26.2 Å². The van der Waals surface area contributed by atoms with E-state index in [0.29, 0.717) is 26.2 Å². The molecule has 6 heteroatoms. The standard InChI is InChI=1S/C8H11N5O/c9-5-8(6-10,7(11)14)13-3-1-12-2-4-13/h12H,1-4H2,(H2,11,14). The number of nitrogens with two attached hydrogens (primary N) is 1. The first-order valence-corrected chi connectivity index (χ1v) is 4.25. The van der Waals surface area contributed by atoms with Crippen LogP contribution in [0.5, 0.6) is 0 Å². The number of carbonyl (C=O) groups is 1. The molecule has 0 unspecified atom stereocenters. The maximum Gasteiger partial charge on any atom is 0.274 e. The van der Waals surface area contributed by atoms with E-state index in [-0.39, 0.29) is 0 Å². The number of piperazine rings is 1. The highest BCUT2D eigenvalue weighted by Crippen LogP contribution is 2.13. The van der Waals surface area contributed by atoms with Crippen molar-refractivity contribution in [1.82, 2.24) is 10.2 Å². The van der Waals surface area contributed by atoms with Crippen molar-refractivity contribution in [1.29, 1.82) is 10.5 Å². The zero-order chi connectivity index (χ0) is 10.6. The summed E-state index contributed by atoms with van der Waals surface area (Å²) in [4.78, 5) is 12.6. The van der Waals surface area contributed by atoms with Gasteiger partial charge in [-0.2, -0.15) is 10.5 Å². The first kappa shape index (κ1) is 10.5. The second-order valence-electron chi connectivity index (χ2n) is 3.04. The van der Waals surface area contributed by atoms with Crippen LogP contribution in [0.15, 0.2) is 0 Å². The monoisotopic (exact) mass is 193 g/mol. The fourth-order valence-electron chi connectivity index (χ4n) is 1.43. The number of hydrogen-bond donors (Lipinski definition) is 2. The molecule has 0 aromatic carbocycles. The van der Waals surface area contributed by atoms with E-state index in [0.717, 1.165) is 0 Å². The lowest BCUT2D eigenvalue weighted by molar-refractivity contribution is -0.124. The second kappa shape index (κ2) is 4.05. The van der Waals surface area contributed by atoms with Crippen molar-refractivity contribution in [2.24, 2.45) is 5.73 Å². The zero-order valence-electron chi connectivity index (χ0n) is 7.66. The smallest absolute Gasteiger partial charge is 0.274 e. The molecule has 1 saturated heterocycles. The number of primary amides is 1. The van der Waals surface area contributed by atoms with E-state index in [1.165, 1.54) is 4.90 Å². The molecule has 3 N–H and O–H groups in total. The van der Waals surface area contributed by atoms with E-state index in [2.05, 4.69) is 5.32 Å². The lowest BCUT2D eigenvalue weighted by Gasteiger charge is -2.34. The highest BCUT2D eigenvalue weighted by atomic mass is 16.1. The summed E-state index contributed by atoms with van der Waals surface area (Å²) < 4.78 is 0. The van der Waals surface area contributed by atoms with Crippen molar-refractivity contribution >= 4 is 5.91 Å². The number of nitrogens with zero attached hydrogens (tertiary/aromatic N) is 3. The molecule has 0 bridgehead atoms. The van der Waals surface area contributed by atoms with Crippen LogP contribution < -0.4 is 11.1 Å². The molecule has 0 aromatic heterocycles. The van der Waals surface area contributed by atoms with Gasteiger partial charge in [-0.15, -0.1) is 0 Å². The number of rotatable bonds is 2. The SMILES string of the molecule is N#CC(C#N)(C(N)=O)N1CCNCC1. The molecule has 1 aliphatic heterocycles. The summed E-state index contributed by atoms with van der Waals surface area (Å²) >= 11 is 0. The largest absolute Gasteiger partial charge is 0.366 e. The molecule has 1 aliphatic rings. The van der Waals surface area contributed by atoms with Crippen molar-refractivity contribution in [3.63, 3.8) is 0 Å². The molecule has 0 spiro atoms. The predicted molar refractivity (Wildman–Crippen MR) is 47.6 cm³/mol. The van der Waals surface area contributed by atoms with E-state index in [1.54, 1.807) is 12.1 Å². The third kappa shape index (κ3) is 1.53. The lowest BCUT2D eigenvalue weighted by Crippen LogP contribution is -2.60. The van der Waals surface area contributed by atoms with Gasteiger partial charge in [0.2, 0.25) is 0 Å². The van der Waals surface area contributed by atoms with Gasteiger partial charge in [0.1, 0.15) is 12.1 Å². The quantitative estimate of drug-likeness (QED) is 0.536. The Balaban J connectivity index is 2.93. The molecule has 14 heavy (non-hydrogen) atoms. The number of carbonyl (C=O) groups excluding carboxylic acids is 1. The zero-order valence-corrected chi connectivity index (χ0v) is 7.66. The van der Waals surface area contributed by atoms with Crippen LogP contribution in [-0.4, -0.2) is 42.5 Å². The molecule has 0 aromatic rings. The number of amides is 1. The predicted octanol–water partition coefficient (Wildman–Crippen LogP) is -1.84. The Morgan fingerprint density at radius 2 is 1.86 bits per heavy atom. The Kier molecular flexibility index (Phi) is 3.03. The van der Waals surface area contributed by atoms with E-state index >= 15 is 0 Å². The van der Waals surface area contributed by atoms with Gasteiger partial charge >= 0.3 is 0 Å². The van der Waals surface area contributed by atoms with Crippen LogP contribution in [0, 0.1) is 22.7 Å². The van der Waals surface area contributed by atoms with E-state index in [9.17, 15) is 4.79 Å². The maximum atomic E-state index is 11.1. The number of nitrogens with one attached hydrogen (secondary N) is 1. The topological polar surface area (TPSA) is 106 Å². The summed E-state index contributed by atoms with van der Waals surface area (Å²) in [6.07, 6.45) is 0. The van der Waals surface area contributed by atoms with Crippen molar-refractivity contribution in [3.05, 3.63) is 0 Å². The summed E-state index contributed by atoms with van der Waals surface area (Å²) in [5.41, 5.74) is 3.27. The van der Waals surface area contributed by atoms with Gasteiger partial charge in [-0.25, -0.2) is 0 Å². The van der Waals surface area contributed by atoms with Crippen molar-refractivity contribution in [2.75, 3.05) is 26.2 Å². The van der Waals surface area contributed by atoms with Gasteiger partial charge in [-0.3, -0.25) is 9.69 Å². The van der Waals surface area contributed by atoms with Gasteiger partial charge < -0.3 is 11.1 Å². The van der Waals surface area contributed by atoms with E-state index < -0.39 is 11.4 Å². The molecule has 1 fully saturated rings. The fraction of sp³-hybridized carbons (Fsp3) is 0.625. The van der Waals surface area contributed by atoms with Crippen LogP contribution in [0.3, 0.4) is 0 Å². The summed E-state index contributed by atoms with van der Waals surface area (Å²) in [6.45, 7) is 2.25.